The molecule has 0 radical (unpaired) electrons. The molecule has 0 atom stereocenters. The highest BCUT2D eigenvalue weighted by Crippen LogP contribution is 2.38. The van der Waals surface area contributed by atoms with E-state index >= 15 is 0 Å². The van der Waals surface area contributed by atoms with E-state index in [1.165, 1.54) is 0 Å². The third-order valence-corrected chi connectivity index (χ3v) is 3.79. The van der Waals surface area contributed by atoms with E-state index in [1.54, 1.807) is 28.4 Å². The number of nitrogens with one attached hydrogen (secondary N) is 2. The van der Waals surface area contributed by atoms with E-state index in [0.717, 1.165) is 18.6 Å². The quantitative estimate of drug-likeness (QED) is 0.356. The molecule has 2 N–H and O–H groups in total. The Morgan fingerprint density at radius 3 is 2.15 bits per heavy atom. The molecule has 0 aliphatic carbocycles. The number of rotatable bonds is 11. The molecule has 7 nitrogen and oxygen atoms in total. The first kappa shape index (κ1) is 21.9. The molecular weight excluding hydrogens is 334 g/mol. The minimum atomic E-state index is 0.574. The summed E-state index contributed by atoms with van der Waals surface area (Å²) in [5, 5.41) is 6.50. The molecule has 0 fully saturated rings. The van der Waals surface area contributed by atoms with E-state index in [1.807, 2.05) is 12.1 Å². The Morgan fingerprint density at radius 1 is 1.00 bits per heavy atom. The maximum absolute atomic E-state index is 5.60. The Hall–Kier alpha value is -2.15. The molecule has 148 valence electrons. The first-order valence-electron chi connectivity index (χ1n) is 8.86. The number of hydrogen-bond donors (Lipinski definition) is 2. The molecule has 0 bridgehead atoms. The lowest BCUT2D eigenvalue weighted by molar-refractivity contribution is 0.128. The summed E-state index contributed by atoms with van der Waals surface area (Å²) < 4.78 is 21.7. The van der Waals surface area contributed by atoms with Crippen LogP contribution >= 0.6 is 0 Å². The molecule has 0 unspecified atom stereocenters. The molecule has 1 aromatic rings. The van der Waals surface area contributed by atoms with Gasteiger partial charge in [0, 0.05) is 26.7 Å². The molecule has 1 aromatic carbocycles. The van der Waals surface area contributed by atoms with Crippen LogP contribution < -0.4 is 24.8 Å². The van der Waals surface area contributed by atoms with Crippen molar-refractivity contribution in [3.63, 3.8) is 0 Å². The van der Waals surface area contributed by atoms with E-state index in [0.29, 0.717) is 48.8 Å². The van der Waals surface area contributed by atoms with Crippen LogP contribution in [0, 0.1) is 5.92 Å². The van der Waals surface area contributed by atoms with Crippen LogP contribution in [0.4, 0.5) is 0 Å². The second kappa shape index (κ2) is 12.2. The molecule has 0 aliphatic heterocycles. The van der Waals surface area contributed by atoms with Crippen LogP contribution in [0.1, 0.15) is 25.8 Å². The Balaban J connectivity index is 2.50. The van der Waals surface area contributed by atoms with Crippen LogP contribution in [0.5, 0.6) is 17.2 Å². The molecule has 1 rings (SSSR count). The Labute approximate surface area is 157 Å². The van der Waals surface area contributed by atoms with Gasteiger partial charge in [0.15, 0.2) is 17.5 Å². The van der Waals surface area contributed by atoms with Crippen LogP contribution in [0.3, 0.4) is 0 Å². The smallest absolute Gasteiger partial charge is 0.203 e. The van der Waals surface area contributed by atoms with Crippen molar-refractivity contribution in [3.05, 3.63) is 17.7 Å². The fourth-order valence-electron chi connectivity index (χ4n) is 2.31. The van der Waals surface area contributed by atoms with E-state index in [-0.39, 0.29) is 0 Å². The van der Waals surface area contributed by atoms with Gasteiger partial charge < -0.3 is 29.6 Å². The number of aliphatic imine (C=N–C) groups is 1. The number of ether oxygens (including phenoxy) is 4. The minimum absolute atomic E-state index is 0.574. The Bertz CT molecular complexity index is 537. The van der Waals surface area contributed by atoms with Gasteiger partial charge in [-0.2, -0.15) is 0 Å². The van der Waals surface area contributed by atoms with Crippen molar-refractivity contribution in [2.45, 2.75) is 26.8 Å². The van der Waals surface area contributed by atoms with Gasteiger partial charge in [0.05, 0.1) is 27.9 Å². The van der Waals surface area contributed by atoms with Crippen molar-refractivity contribution in [3.8, 4) is 17.2 Å². The number of guanidine groups is 1. The molecular formula is C19H33N3O4. The molecule has 0 amide bonds. The Kier molecular flexibility index (Phi) is 10.3. The topological polar surface area (TPSA) is 73.3 Å². The summed E-state index contributed by atoms with van der Waals surface area (Å²) >= 11 is 0. The van der Waals surface area contributed by atoms with Gasteiger partial charge in [-0.1, -0.05) is 13.8 Å². The van der Waals surface area contributed by atoms with Crippen LogP contribution in [0.25, 0.3) is 0 Å². The van der Waals surface area contributed by atoms with E-state index in [4.69, 9.17) is 18.9 Å². The maximum Gasteiger partial charge on any atom is 0.203 e. The zero-order chi connectivity index (χ0) is 19.4. The highest BCUT2D eigenvalue weighted by Gasteiger charge is 2.13. The highest BCUT2D eigenvalue weighted by atomic mass is 16.5. The van der Waals surface area contributed by atoms with Gasteiger partial charge in [0.2, 0.25) is 5.75 Å². The van der Waals surface area contributed by atoms with Gasteiger partial charge in [-0.15, -0.1) is 0 Å². The third-order valence-electron chi connectivity index (χ3n) is 3.79. The molecule has 0 heterocycles. The zero-order valence-electron chi connectivity index (χ0n) is 16.8. The lowest BCUT2D eigenvalue weighted by Crippen LogP contribution is -2.38. The average molecular weight is 367 g/mol. The summed E-state index contributed by atoms with van der Waals surface area (Å²) in [5.74, 6) is 3.22. The molecule has 0 saturated heterocycles. The van der Waals surface area contributed by atoms with Crippen molar-refractivity contribution in [1.29, 1.82) is 0 Å². The average Bonchev–Trinajstić information content (AvgIpc) is 2.65. The molecule has 7 heteroatoms. The predicted molar refractivity (Wildman–Crippen MR) is 105 cm³/mol. The molecule has 26 heavy (non-hydrogen) atoms. The largest absolute Gasteiger partial charge is 0.493 e. The van der Waals surface area contributed by atoms with Crippen LogP contribution in [-0.4, -0.2) is 54.1 Å². The number of hydrogen-bond acceptors (Lipinski definition) is 5. The molecule has 0 saturated carbocycles. The lowest BCUT2D eigenvalue weighted by atomic mass is 10.1. The summed E-state index contributed by atoms with van der Waals surface area (Å²) in [6.45, 7) is 7.10. The van der Waals surface area contributed by atoms with E-state index < -0.39 is 0 Å². The monoisotopic (exact) mass is 367 g/mol. The van der Waals surface area contributed by atoms with E-state index in [2.05, 4.69) is 29.5 Å². The third kappa shape index (κ3) is 7.39. The summed E-state index contributed by atoms with van der Waals surface area (Å²) in [5.41, 5.74) is 0.996. The summed E-state index contributed by atoms with van der Waals surface area (Å²) in [4.78, 5) is 4.22. The second-order valence-electron chi connectivity index (χ2n) is 6.18. The zero-order valence-corrected chi connectivity index (χ0v) is 16.8. The SMILES string of the molecule is CN=C(NCCOCCC(C)C)NCc1cc(OC)c(OC)c(OC)c1. The number of benzene rings is 1. The minimum Gasteiger partial charge on any atom is -0.493 e. The predicted octanol–water partition coefficient (Wildman–Crippen LogP) is 2.44. The second-order valence-corrected chi connectivity index (χ2v) is 6.18. The van der Waals surface area contributed by atoms with Crippen molar-refractivity contribution in [1.82, 2.24) is 10.6 Å². The lowest BCUT2D eigenvalue weighted by Gasteiger charge is -2.16. The van der Waals surface area contributed by atoms with Crippen molar-refractivity contribution >= 4 is 5.96 Å². The van der Waals surface area contributed by atoms with Gasteiger partial charge in [-0.05, 0) is 30.0 Å². The standard InChI is InChI=1S/C19H33N3O4/c1-14(2)7-9-26-10-8-21-19(20-3)22-13-15-11-16(23-4)18(25-6)17(12-15)24-5/h11-12,14H,7-10,13H2,1-6H3,(H2,20,21,22). The van der Waals surface area contributed by atoms with Gasteiger partial charge in [0.1, 0.15) is 0 Å². The summed E-state index contributed by atoms with van der Waals surface area (Å²) in [6, 6.07) is 3.83. The van der Waals surface area contributed by atoms with Gasteiger partial charge >= 0.3 is 0 Å². The normalized spacial score (nSPS) is 11.4. The van der Waals surface area contributed by atoms with Gasteiger partial charge in [0.25, 0.3) is 0 Å². The first-order valence-corrected chi connectivity index (χ1v) is 8.86. The first-order chi connectivity index (χ1) is 12.5. The maximum atomic E-state index is 5.60. The summed E-state index contributed by atoms with van der Waals surface area (Å²) in [6.07, 6.45) is 1.08. The molecule has 0 aromatic heterocycles. The molecule has 0 aliphatic rings. The van der Waals surface area contributed by atoms with Gasteiger partial charge in [-0.25, -0.2) is 0 Å². The fourth-order valence-corrected chi connectivity index (χ4v) is 2.31. The van der Waals surface area contributed by atoms with Crippen LogP contribution in [0.2, 0.25) is 0 Å². The number of methoxy groups -OCH3 is 3. The Morgan fingerprint density at radius 2 is 1.65 bits per heavy atom. The summed E-state index contributed by atoms with van der Waals surface area (Å²) in [7, 11) is 6.54. The van der Waals surface area contributed by atoms with Gasteiger partial charge in [-0.3, -0.25) is 4.99 Å². The van der Waals surface area contributed by atoms with Crippen molar-refractivity contribution in [2.24, 2.45) is 10.9 Å². The van der Waals surface area contributed by atoms with Crippen LogP contribution in [0.15, 0.2) is 17.1 Å². The van der Waals surface area contributed by atoms with Crippen molar-refractivity contribution in [2.75, 3.05) is 48.1 Å². The van der Waals surface area contributed by atoms with Crippen molar-refractivity contribution < 1.29 is 18.9 Å². The highest BCUT2D eigenvalue weighted by molar-refractivity contribution is 5.79. The number of nitrogens with zero attached hydrogens (tertiary/aromatic N) is 1. The fraction of sp³-hybridized carbons (Fsp3) is 0.632. The van der Waals surface area contributed by atoms with E-state index in [9.17, 15) is 0 Å². The van der Waals surface area contributed by atoms with Crippen LogP contribution in [-0.2, 0) is 11.3 Å². The molecule has 0 spiro atoms.